The molecule has 2 aliphatic heterocycles. The first kappa shape index (κ1) is 19.8. The molecule has 2 aliphatic rings. The number of likely N-dealkylation sites (tertiary alicyclic amines) is 1. The van der Waals surface area contributed by atoms with E-state index >= 15 is 0 Å². The Labute approximate surface area is 160 Å². The van der Waals surface area contributed by atoms with Gasteiger partial charge in [-0.25, -0.2) is 0 Å². The standard InChI is InChI=1S/C20H30N4O3/c21-20(26)17-3-1-2-4-18(17)22-19(25)15-24-9-6-16(7-10-24)5-8-23-11-13-27-14-12-23/h1-4,16H,5-15H2,(H2,21,26)(H,22,25). The van der Waals surface area contributed by atoms with Crippen molar-refractivity contribution in [3.8, 4) is 0 Å². The fourth-order valence-corrected chi connectivity index (χ4v) is 3.82. The van der Waals surface area contributed by atoms with Gasteiger partial charge in [0.2, 0.25) is 5.91 Å². The summed E-state index contributed by atoms with van der Waals surface area (Å²) in [7, 11) is 0. The highest BCUT2D eigenvalue weighted by Gasteiger charge is 2.22. The van der Waals surface area contributed by atoms with E-state index in [-0.39, 0.29) is 5.91 Å². The van der Waals surface area contributed by atoms with Crippen LogP contribution in [0.3, 0.4) is 0 Å². The van der Waals surface area contributed by atoms with Crippen LogP contribution in [0.5, 0.6) is 0 Å². The molecule has 0 aliphatic carbocycles. The molecule has 1 aromatic carbocycles. The van der Waals surface area contributed by atoms with Gasteiger partial charge >= 0.3 is 0 Å². The molecule has 7 heteroatoms. The largest absolute Gasteiger partial charge is 0.379 e. The SMILES string of the molecule is NC(=O)c1ccccc1NC(=O)CN1CCC(CCN2CCOCC2)CC1. The van der Waals surface area contributed by atoms with Gasteiger partial charge in [-0.15, -0.1) is 0 Å². The maximum absolute atomic E-state index is 12.3. The van der Waals surface area contributed by atoms with Gasteiger partial charge < -0.3 is 15.8 Å². The van der Waals surface area contributed by atoms with Crippen LogP contribution in [0, 0.1) is 5.92 Å². The molecule has 27 heavy (non-hydrogen) atoms. The molecule has 3 rings (SSSR count). The number of nitrogens with two attached hydrogens (primary N) is 1. The molecular weight excluding hydrogens is 344 g/mol. The minimum absolute atomic E-state index is 0.101. The Bertz CT molecular complexity index is 638. The number of carbonyl (C=O) groups excluding carboxylic acids is 2. The predicted octanol–water partition coefficient (Wildman–Crippen LogP) is 1.16. The Hall–Kier alpha value is -1.96. The number of ether oxygens (including phenoxy) is 1. The normalized spacial score (nSPS) is 19.7. The highest BCUT2D eigenvalue weighted by atomic mass is 16.5. The van der Waals surface area contributed by atoms with E-state index in [0.717, 1.165) is 64.7 Å². The van der Waals surface area contributed by atoms with Crippen LogP contribution in [0.4, 0.5) is 5.69 Å². The van der Waals surface area contributed by atoms with E-state index in [1.165, 1.54) is 6.42 Å². The third-order valence-corrected chi connectivity index (χ3v) is 5.50. The van der Waals surface area contributed by atoms with E-state index in [4.69, 9.17) is 10.5 Å². The first-order chi connectivity index (χ1) is 13.1. The monoisotopic (exact) mass is 374 g/mol. The summed E-state index contributed by atoms with van der Waals surface area (Å²) in [5.74, 6) is 0.102. The Morgan fingerprint density at radius 1 is 1.07 bits per heavy atom. The third-order valence-electron chi connectivity index (χ3n) is 5.50. The van der Waals surface area contributed by atoms with Crippen LogP contribution in [0.15, 0.2) is 24.3 Å². The van der Waals surface area contributed by atoms with Crippen molar-refractivity contribution >= 4 is 17.5 Å². The van der Waals surface area contributed by atoms with Crippen LogP contribution >= 0.6 is 0 Å². The summed E-state index contributed by atoms with van der Waals surface area (Å²) in [4.78, 5) is 28.5. The summed E-state index contributed by atoms with van der Waals surface area (Å²) in [6, 6.07) is 6.84. The van der Waals surface area contributed by atoms with Crippen LogP contribution in [0.1, 0.15) is 29.6 Å². The lowest BCUT2D eigenvalue weighted by atomic mass is 9.93. The molecule has 2 saturated heterocycles. The molecular formula is C20H30N4O3. The molecule has 0 saturated carbocycles. The predicted molar refractivity (Wildman–Crippen MR) is 105 cm³/mol. The minimum Gasteiger partial charge on any atom is -0.379 e. The number of hydrogen-bond donors (Lipinski definition) is 2. The number of amides is 2. The minimum atomic E-state index is -0.535. The average molecular weight is 374 g/mol. The van der Waals surface area contributed by atoms with Gasteiger partial charge in [0.25, 0.3) is 5.91 Å². The zero-order chi connectivity index (χ0) is 19.1. The zero-order valence-electron chi connectivity index (χ0n) is 15.9. The van der Waals surface area contributed by atoms with Crippen molar-refractivity contribution in [1.82, 2.24) is 9.80 Å². The van der Waals surface area contributed by atoms with E-state index in [9.17, 15) is 9.59 Å². The molecule has 0 unspecified atom stereocenters. The maximum Gasteiger partial charge on any atom is 0.250 e. The summed E-state index contributed by atoms with van der Waals surface area (Å²) in [6.45, 7) is 7.19. The molecule has 3 N–H and O–H groups in total. The van der Waals surface area contributed by atoms with Gasteiger partial charge in [0.05, 0.1) is 31.0 Å². The van der Waals surface area contributed by atoms with E-state index in [1.807, 2.05) is 0 Å². The maximum atomic E-state index is 12.3. The molecule has 0 spiro atoms. The van der Waals surface area contributed by atoms with E-state index < -0.39 is 5.91 Å². The summed E-state index contributed by atoms with van der Waals surface area (Å²) in [5, 5.41) is 2.82. The molecule has 0 bridgehead atoms. The number of nitrogens with one attached hydrogen (secondary N) is 1. The lowest BCUT2D eigenvalue weighted by molar-refractivity contribution is -0.117. The van der Waals surface area contributed by atoms with E-state index in [0.29, 0.717) is 17.8 Å². The number of para-hydroxylation sites is 1. The summed E-state index contributed by atoms with van der Waals surface area (Å²) >= 11 is 0. The summed E-state index contributed by atoms with van der Waals surface area (Å²) < 4.78 is 5.39. The number of anilines is 1. The van der Waals surface area contributed by atoms with Crippen molar-refractivity contribution in [2.75, 3.05) is 57.8 Å². The first-order valence-corrected chi connectivity index (χ1v) is 9.83. The van der Waals surface area contributed by atoms with Crippen LogP contribution < -0.4 is 11.1 Å². The third kappa shape index (κ3) is 6.02. The number of primary amides is 1. The molecule has 0 atom stereocenters. The lowest BCUT2D eigenvalue weighted by Crippen LogP contribution is -2.41. The number of benzene rings is 1. The summed E-state index contributed by atoms with van der Waals surface area (Å²) in [5.41, 5.74) is 6.18. The highest BCUT2D eigenvalue weighted by Crippen LogP contribution is 2.21. The Morgan fingerprint density at radius 2 is 1.78 bits per heavy atom. The van der Waals surface area contributed by atoms with Crippen LogP contribution in [0.25, 0.3) is 0 Å². The molecule has 2 fully saturated rings. The number of carbonyl (C=O) groups is 2. The van der Waals surface area contributed by atoms with Gasteiger partial charge in [-0.2, -0.15) is 0 Å². The fraction of sp³-hybridized carbons (Fsp3) is 0.600. The van der Waals surface area contributed by atoms with E-state index in [2.05, 4.69) is 15.1 Å². The van der Waals surface area contributed by atoms with Crippen LogP contribution in [0.2, 0.25) is 0 Å². The smallest absolute Gasteiger partial charge is 0.250 e. The lowest BCUT2D eigenvalue weighted by Gasteiger charge is -2.33. The second-order valence-corrected chi connectivity index (χ2v) is 7.42. The van der Waals surface area contributed by atoms with Gasteiger partial charge in [0.1, 0.15) is 0 Å². The Kier molecular flexibility index (Phi) is 7.20. The fourth-order valence-electron chi connectivity index (χ4n) is 3.82. The second kappa shape index (κ2) is 9.82. The van der Waals surface area contributed by atoms with Crippen molar-refractivity contribution in [3.05, 3.63) is 29.8 Å². The first-order valence-electron chi connectivity index (χ1n) is 9.83. The van der Waals surface area contributed by atoms with E-state index in [1.54, 1.807) is 24.3 Å². The molecule has 0 aromatic heterocycles. The Balaban J connectivity index is 1.38. The topological polar surface area (TPSA) is 87.9 Å². The van der Waals surface area contributed by atoms with Crippen molar-refractivity contribution in [2.24, 2.45) is 11.7 Å². The van der Waals surface area contributed by atoms with Gasteiger partial charge in [-0.3, -0.25) is 19.4 Å². The molecule has 148 valence electrons. The zero-order valence-corrected chi connectivity index (χ0v) is 15.9. The average Bonchev–Trinajstić information content (AvgIpc) is 2.68. The number of piperidine rings is 1. The quantitative estimate of drug-likeness (QED) is 0.748. The number of morpholine rings is 1. The van der Waals surface area contributed by atoms with Crippen molar-refractivity contribution in [3.63, 3.8) is 0 Å². The van der Waals surface area contributed by atoms with Crippen molar-refractivity contribution in [2.45, 2.75) is 19.3 Å². The number of hydrogen-bond acceptors (Lipinski definition) is 5. The molecule has 1 aromatic rings. The molecule has 2 heterocycles. The molecule has 7 nitrogen and oxygen atoms in total. The molecule has 0 radical (unpaired) electrons. The van der Waals surface area contributed by atoms with Crippen LogP contribution in [-0.4, -0.2) is 74.1 Å². The second-order valence-electron chi connectivity index (χ2n) is 7.42. The van der Waals surface area contributed by atoms with Gasteiger partial charge in [-0.05, 0) is 56.9 Å². The molecule has 2 amide bonds. The van der Waals surface area contributed by atoms with Crippen molar-refractivity contribution < 1.29 is 14.3 Å². The Morgan fingerprint density at radius 3 is 2.48 bits per heavy atom. The van der Waals surface area contributed by atoms with Gasteiger partial charge in [-0.1, -0.05) is 12.1 Å². The van der Waals surface area contributed by atoms with Gasteiger partial charge in [0, 0.05) is 13.1 Å². The van der Waals surface area contributed by atoms with Gasteiger partial charge in [0.15, 0.2) is 0 Å². The number of rotatable bonds is 7. The highest BCUT2D eigenvalue weighted by molar-refractivity contribution is 6.03. The van der Waals surface area contributed by atoms with Crippen LogP contribution in [-0.2, 0) is 9.53 Å². The number of nitrogens with zero attached hydrogens (tertiary/aromatic N) is 2. The van der Waals surface area contributed by atoms with Crippen molar-refractivity contribution in [1.29, 1.82) is 0 Å². The summed E-state index contributed by atoms with van der Waals surface area (Å²) in [6.07, 6.45) is 3.50.